The molecule has 80 valence electrons. The minimum Gasteiger partial charge on any atom is -0.384 e. The van der Waals surface area contributed by atoms with Gasteiger partial charge in [0, 0.05) is 38.1 Å². The average Bonchev–Trinajstić information content (AvgIpc) is 2.67. The van der Waals surface area contributed by atoms with Gasteiger partial charge in [-0.2, -0.15) is 5.10 Å². The molecule has 1 heterocycles. The smallest absolute Gasteiger partial charge is 0.0534 e. The van der Waals surface area contributed by atoms with Gasteiger partial charge in [-0.25, -0.2) is 0 Å². The van der Waals surface area contributed by atoms with Gasteiger partial charge in [0.15, 0.2) is 0 Å². The van der Waals surface area contributed by atoms with Crippen LogP contribution in [0.25, 0.3) is 0 Å². The Kier molecular flexibility index (Phi) is 4.62. The van der Waals surface area contributed by atoms with Crippen LogP contribution in [0.5, 0.6) is 0 Å². The van der Waals surface area contributed by atoms with Crippen molar-refractivity contribution in [3.8, 4) is 0 Å². The van der Waals surface area contributed by atoms with Gasteiger partial charge < -0.3 is 10.1 Å². The van der Waals surface area contributed by atoms with Crippen molar-refractivity contribution in [2.75, 3.05) is 20.3 Å². The minimum absolute atomic E-state index is 0.341. The number of hydrogen-bond donors (Lipinski definition) is 2. The van der Waals surface area contributed by atoms with E-state index < -0.39 is 0 Å². The Bertz CT molecular complexity index is 236. The number of methoxy groups -OCH3 is 1. The normalized spacial score (nSPS) is 15.4. The molecule has 0 bridgehead atoms. The van der Waals surface area contributed by atoms with E-state index in [1.807, 2.05) is 12.4 Å². The first-order valence-electron chi connectivity index (χ1n) is 4.95. The topological polar surface area (TPSA) is 49.9 Å². The molecule has 0 aliphatic heterocycles. The molecule has 1 aromatic heterocycles. The van der Waals surface area contributed by atoms with E-state index in [4.69, 9.17) is 4.74 Å². The monoisotopic (exact) mass is 197 g/mol. The lowest BCUT2D eigenvalue weighted by atomic mass is 10.1. The van der Waals surface area contributed by atoms with Crippen LogP contribution in [-0.4, -0.2) is 30.5 Å². The molecule has 0 saturated heterocycles. The van der Waals surface area contributed by atoms with Crippen LogP contribution >= 0.6 is 0 Å². The molecular formula is C10H19N3O. The number of nitrogens with one attached hydrogen (secondary N) is 2. The van der Waals surface area contributed by atoms with Gasteiger partial charge in [0.2, 0.25) is 0 Å². The molecule has 0 saturated carbocycles. The zero-order valence-corrected chi connectivity index (χ0v) is 9.08. The minimum atomic E-state index is 0.341. The quantitative estimate of drug-likeness (QED) is 0.723. The number of nitrogens with zero attached hydrogens (tertiary/aromatic N) is 1. The summed E-state index contributed by atoms with van der Waals surface area (Å²) in [4.78, 5) is 0. The summed E-state index contributed by atoms with van der Waals surface area (Å²) in [5.74, 6) is 0.536. The van der Waals surface area contributed by atoms with Gasteiger partial charge in [-0.1, -0.05) is 6.92 Å². The molecule has 2 N–H and O–H groups in total. The third kappa shape index (κ3) is 3.47. The summed E-state index contributed by atoms with van der Waals surface area (Å²) in [6.07, 6.45) is 3.76. The van der Waals surface area contributed by atoms with Crippen LogP contribution in [0.1, 0.15) is 25.5 Å². The third-order valence-corrected chi connectivity index (χ3v) is 2.24. The highest BCUT2D eigenvalue weighted by molar-refractivity contribution is 5.07. The van der Waals surface area contributed by atoms with E-state index in [9.17, 15) is 0 Å². The third-order valence-electron chi connectivity index (χ3n) is 2.24. The first kappa shape index (κ1) is 11.2. The van der Waals surface area contributed by atoms with Crippen LogP contribution in [0.2, 0.25) is 0 Å². The molecule has 0 fully saturated rings. The van der Waals surface area contributed by atoms with Gasteiger partial charge in [0.25, 0.3) is 0 Å². The molecule has 0 aliphatic carbocycles. The van der Waals surface area contributed by atoms with Crippen molar-refractivity contribution in [1.82, 2.24) is 15.5 Å². The predicted octanol–water partition coefficient (Wildman–Crippen LogP) is 1.34. The number of rotatable bonds is 6. The Labute approximate surface area is 85.0 Å². The van der Waals surface area contributed by atoms with Gasteiger partial charge in [-0.05, 0) is 12.8 Å². The van der Waals surface area contributed by atoms with Crippen LogP contribution in [-0.2, 0) is 4.74 Å². The van der Waals surface area contributed by atoms with Crippen molar-refractivity contribution >= 4 is 0 Å². The van der Waals surface area contributed by atoms with E-state index >= 15 is 0 Å². The van der Waals surface area contributed by atoms with Crippen molar-refractivity contribution in [2.24, 2.45) is 5.92 Å². The second-order valence-corrected chi connectivity index (χ2v) is 3.72. The summed E-state index contributed by atoms with van der Waals surface area (Å²) in [7, 11) is 1.73. The molecule has 2 atom stereocenters. The molecule has 0 radical (unpaired) electrons. The fourth-order valence-corrected chi connectivity index (χ4v) is 1.34. The zero-order valence-electron chi connectivity index (χ0n) is 9.08. The second kappa shape index (κ2) is 5.78. The number of ether oxygens (including phenoxy) is 1. The number of aromatic amines is 1. The van der Waals surface area contributed by atoms with Gasteiger partial charge in [0.1, 0.15) is 0 Å². The molecular weight excluding hydrogens is 178 g/mol. The van der Waals surface area contributed by atoms with E-state index in [1.165, 1.54) is 5.56 Å². The van der Waals surface area contributed by atoms with E-state index in [0.717, 1.165) is 13.2 Å². The molecule has 2 unspecified atom stereocenters. The summed E-state index contributed by atoms with van der Waals surface area (Å²) < 4.78 is 5.07. The number of hydrogen-bond acceptors (Lipinski definition) is 3. The van der Waals surface area contributed by atoms with Crippen LogP contribution in [0.15, 0.2) is 12.4 Å². The molecule has 4 nitrogen and oxygen atoms in total. The van der Waals surface area contributed by atoms with E-state index in [2.05, 4.69) is 29.4 Å². The van der Waals surface area contributed by atoms with Crippen molar-refractivity contribution in [3.05, 3.63) is 18.0 Å². The van der Waals surface area contributed by atoms with Crippen molar-refractivity contribution in [3.63, 3.8) is 0 Å². The maximum atomic E-state index is 5.07. The number of H-pyrrole nitrogens is 1. The fourth-order valence-electron chi connectivity index (χ4n) is 1.34. The molecule has 1 rings (SSSR count). The molecule has 4 heteroatoms. The second-order valence-electron chi connectivity index (χ2n) is 3.72. The van der Waals surface area contributed by atoms with Crippen LogP contribution in [0, 0.1) is 5.92 Å². The Morgan fingerprint density at radius 2 is 2.36 bits per heavy atom. The molecule has 1 aromatic rings. The van der Waals surface area contributed by atoms with Crippen molar-refractivity contribution in [1.29, 1.82) is 0 Å². The molecule has 0 aliphatic rings. The summed E-state index contributed by atoms with van der Waals surface area (Å²) in [5, 5.41) is 10.2. The lowest BCUT2D eigenvalue weighted by Crippen LogP contribution is -2.26. The highest BCUT2D eigenvalue weighted by Crippen LogP contribution is 2.09. The molecule has 0 amide bonds. The lowest BCUT2D eigenvalue weighted by Gasteiger charge is -2.15. The van der Waals surface area contributed by atoms with Gasteiger partial charge in [-0.3, -0.25) is 5.10 Å². The predicted molar refractivity (Wildman–Crippen MR) is 56.0 cm³/mol. The van der Waals surface area contributed by atoms with Gasteiger partial charge in [-0.15, -0.1) is 0 Å². The highest BCUT2D eigenvalue weighted by atomic mass is 16.5. The van der Waals surface area contributed by atoms with Crippen molar-refractivity contribution in [2.45, 2.75) is 19.9 Å². The Hall–Kier alpha value is -0.870. The summed E-state index contributed by atoms with van der Waals surface area (Å²) in [6.45, 7) is 6.05. The maximum Gasteiger partial charge on any atom is 0.0534 e. The Balaban J connectivity index is 2.24. The number of aromatic nitrogens is 2. The summed E-state index contributed by atoms with van der Waals surface area (Å²) in [5.41, 5.74) is 1.19. The molecule has 0 aromatic carbocycles. The SMILES string of the molecule is COCC(C)CNC(C)c1cn[nH]c1. The van der Waals surface area contributed by atoms with Gasteiger partial charge >= 0.3 is 0 Å². The highest BCUT2D eigenvalue weighted by Gasteiger charge is 2.07. The molecule has 14 heavy (non-hydrogen) atoms. The van der Waals surface area contributed by atoms with Gasteiger partial charge in [0.05, 0.1) is 6.20 Å². The summed E-state index contributed by atoms with van der Waals surface area (Å²) in [6, 6.07) is 0.341. The Morgan fingerprint density at radius 3 is 2.93 bits per heavy atom. The standard InChI is InChI=1S/C10H19N3O/c1-8(7-14-3)4-11-9(2)10-5-12-13-6-10/h5-6,8-9,11H,4,7H2,1-3H3,(H,12,13). The summed E-state index contributed by atoms with van der Waals surface area (Å²) >= 11 is 0. The lowest BCUT2D eigenvalue weighted by molar-refractivity contribution is 0.157. The van der Waals surface area contributed by atoms with E-state index in [0.29, 0.717) is 12.0 Å². The zero-order chi connectivity index (χ0) is 10.4. The van der Waals surface area contributed by atoms with Crippen LogP contribution in [0.3, 0.4) is 0 Å². The van der Waals surface area contributed by atoms with Crippen molar-refractivity contribution < 1.29 is 4.74 Å². The van der Waals surface area contributed by atoms with Crippen LogP contribution < -0.4 is 5.32 Å². The maximum absolute atomic E-state index is 5.07. The first-order chi connectivity index (χ1) is 6.74. The fraction of sp³-hybridized carbons (Fsp3) is 0.700. The van der Waals surface area contributed by atoms with E-state index in [-0.39, 0.29) is 0 Å². The van der Waals surface area contributed by atoms with Crippen LogP contribution in [0.4, 0.5) is 0 Å². The average molecular weight is 197 g/mol. The largest absolute Gasteiger partial charge is 0.384 e. The Morgan fingerprint density at radius 1 is 1.57 bits per heavy atom. The first-order valence-corrected chi connectivity index (χ1v) is 4.95. The molecule has 0 spiro atoms. The van der Waals surface area contributed by atoms with E-state index in [1.54, 1.807) is 7.11 Å².